The number of aromatic nitrogens is 5. The maximum absolute atomic E-state index is 14.1. The Kier molecular flexibility index (Phi) is 8.14. The Morgan fingerprint density at radius 2 is 1.88 bits per heavy atom. The zero-order valence-electron chi connectivity index (χ0n) is 24.5. The highest BCUT2D eigenvalue weighted by atomic mass is 19.2. The number of Topliss-reactive ketones (excluding diaryl/α,β-unsaturated/α-hetero) is 1. The number of rotatable bonds is 10. The molecule has 6 rings (SSSR count). The molecule has 0 N–H and O–H groups in total. The number of ether oxygens (including phenoxy) is 1. The fourth-order valence-corrected chi connectivity index (χ4v) is 6.24. The Hall–Kier alpha value is -4.28. The number of nitrogens with zero attached hydrogens (tertiary/aromatic N) is 6. The number of fused-ring (bicyclic) bond motifs is 1. The molecule has 2 atom stereocenters. The lowest BCUT2D eigenvalue weighted by Crippen LogP contribution is -2.25. The third-order valence-electron chi connectivity index (χ3n) is 8.49. The van der Waals surface area contributed by atoms with Crippen molar-refractivity contribution >= 4 is 16.7 Å². The molecule has 0 unspecified atom stereocenters. The molecule has 1 aliphatic rings. The Morgan fingerprint density at radius 1 is 1.07 bits per heavy atom. The van der Waals surface area contributed by atoms with E-state index in [1.165, 1.54) is 12.3 Å². The first-order valence-electron chi connectivity index (χ1n) is 14.4. The van der Waals surface area contributed by atoms with Gasteiger partial charge in [0, 0.05) is 69.7 Å². The predicted molar refractivity (Wildman–Crippen MR) is 160 cm³/mol. The number of hydrogen-bond donors (Lipinski definition) is 0. The fraction of sp³-hybridized carbons (Fsp3) is 0.333. The maximum Gasteiger partial charge on any atom is 0.248 e. The molecule has 2 aromatic carbocycles. The zero-order valence-corrected chi connectivity index (χ0v) is 24.5. The van der Waals surface area contributed by atoms with E-state index in [0.717, 1.165) is 39.1 Å². The number of carbonyl (C=O) groups is 1. The molecule has 1 fully saturated rings. The molecule has 1 aliphatic heterocycles. The number of carbonyl (C=O) groups excluding carboxylic acids is 1. The Bertz CT molecular complexity index is 1770. The van der Waals surface area contributed by atoms with Crippen molar-refractivity contribution in [3.8, 4) is 16.9 Å². The van der Waals surface area contributed by atoms with Crippen LogP contribution in [0.15, 0.2) is 67.0 Å². The van der Waals surface area contributed by atoms with Crippen LogP contribution in [0.1, 0.15) is 29.2 Å². The van der Waals surface area contributed by atoms with Crippen LogP contribution in [0.4, 0.5) is 8.78 Å². The van der Waals surface area contributed by atoms with E-state index in [1.807, 2.05) is 72.0 Å². The lowest BCUT2D eigenvalue weighted by atomic mass is 9.85. The molecule has 5 aromatic rings. The Labute approximate surface area is 248 Å². The first kappa shape index (κ1) is 28.8. The van der Waals surface area contributed by atoms with Gasteiger partial charge in [-0.1, -0.05) is 24.3 Å². The number of para-hydroxylation sites is 1. The third-order valence-corrected chi connectivity index (χ3v) is 8.49. The maximum atomic E-state index is 14.1. The summed E-state index contributed by atoms with van der Waals surface area (Å²) in [7, 11) is 3.56. The number of ketones is 1. The molecule has 3 aromatic heterocycles. The lowest BCUT2D eigenvalue weighted by molar-refractivity contribution is -0.119. The van der Waals surface area contributed by atoms with E-state index in [9.17, 15) is 13.6 Å². The van der Waals surface area contributed by atoms with Gasteiger partial charge in [0.05, 0.1) is 35.4 Å². The number of halogens is 2. The summed E-state index contributed by atoms with van der Waals surface area (Å²) in [6.07, 6.45) is 3.72. The van der Waals surface area contributed by atoms with Crippen molar-refractivity contribution in [3.05, 3.63) is 95.6 Å². The van der Waals surface area contributed by atoms with Gasteiger partial charge in [0.25, 0.3) is 0 Å². The van der Waals surface area contributed by atoms with Gasteiger partial charge in [-0.05, 0) is 54.3 Å². The summed E-state index contributed by atoms with van der Waals surface area (Å²) in [5.41, 5.74) is 6.05. The molecule has 222 valence electrons. The molecule has 0 saturated carbocycles. The summed E-state index contributed by atoms with van der Waals surface area (Å²) < 4.78 is 36.7. The fourth-order valence-electron chi connectivity index (χ4n) is 6.24. The summed E-state index contributed by atoms with van der Waals surface area (Å²) in [5.74, 6) is -2.25. The quantitative estimate of drug-likeness (QED) is 0.208. The lowest BCUT2D eigenvalue weighted by Gasteiger charge is -2.18. The van der Waals surface area contributed by atoms with Crippen LogP contribution in [-0.4, -0.2) is 68.6 Å². The molecule has 4 heterocycles. The van der Waals surface area contributed by atoms with Gasteiger partial charge in [-0.3, -0.25) is 9.48 Å². The van der Waals surface area contributed by atoms with Gasteiger partial charge < -0.3 is 9.64 Å². The van der Waals surface area contributed by atoms with Crippen LogP contribution in [0.5, 0.6) is 0 Å². The second-order valence-corrected chi connectivity index (χ2v) is 11.3. The van der Waals surface area contributed by atoms with Crippen LogP contribution >= 0.6 is 0 Å². The van der Waals surface area contributed by atoms with E-state index in [-0.39, 0.29) is 24.0 Å². The summed E-state index contributed by atoms with van der Waals surface area (Å²) in [5, 5.41) is 10.4. The van der Waals surface area contributed by atoms with Gasteiger partial charge in [0.1, 0.15) is 5.78 Å². The second kappa shape index (κ2) is 12.1. The van der Waals surface area contributed by atoms with Crippen molar-refractivity contribution in [1.29, 1.82) is 0 Å². The smallest absolute Gasteiger partial charge is 0.248 e. The molecular weight excluding hydrogens is 550 g/mol. The molecule has 8 nitrogen and oxygen atoms in total. The van der Waals surface area contributed by atoms with Crippen molar-refractivity contribution in [2.75, 3.05) is 33.4 Å². The molecule has 0 spiro atoms. The van der Waals surface area contributed by atoms with Crippen LogP contribution in [-0.2, 0) is 23.0 Å². The standard InChI is InChI=1S/C33H34F2N6O2/c1-21-31(16-27(42)14-25-19-40(11-12-43-3)20-28(25)23-15-29(34)33(35)36-17-23)41(26-7-5-4-6-8-26)38-32(21)22-9-10-30-24(13-22)18-37-39(30)2/h4-10,13,15,17-18,25,28H,11-12,14,16,19-20H2,1-3H3/t25-,28+/m1/s1. The first-order chi connectivity index (χ1) is 20.8. The van der Waals surface area contributed by atoms with Gasteiger partial charge in [0.2, 0.25) is 5.95 Å². The summed E-state index contributed by atoms with van der Waals surface area (Å²) in [6, 6.07) is 17.2. The molecule has 10 heteroatoms. The van der Waals surface area contributed by atoms with E-state index in [0.29, 0.717) is 38.2 Å². The molecule has 0 radical (unpaired) electrons. The van der Waals surface area contributed by atoms with E-state index in [1.54, 1.807) is 7.11 Å². The number of aryl methyl sites for hydroxylation is 1. The minimum atomic E-state index is -1.12. The van der Waals surface area contributed by atoms with Crippen LogP contribution < -0.4 is 0 Å². The number of likely N-dealkylation sites (tertiary alicyclic amines) is 1. The zero-order chi connectivity index (χ0) is 30.1. The highest BCUT2D eigenvalue weighted by Gasteiger charge is 2.36. The van der Waals surface area contributed by atoms with Crippen molar-refractivity contribution < 1.29 is 18.3 Å². The van der Waals surface area contributed by atoms with Gasteiger partial charge in [0.15, 0.2) is 5.82 Å². The minimum Gasteiger partial charge on any atom is -0.383 e. The molecule has 1 saturated heterocycles. The van der Waals surface area contributed by atoms with E-state index < -0.39 is 11.8 Å². The monoisotopic (exact) mass is 584 g/mol. The van der Waals surface area contributed by atoms with E-state index in [4.69, 9.17) is 9.84 Å². The van der Waals surface area contributed by atoms with Crippen molar-refractivity contribution in [1.82, 2.24) is 29.4 Å². The van der Waals surface area contributed by atoms with Gasteiger partial charge in [-0.2, -0.15) is 14.6 Å². The van der Waals surface area contributed by atoms with Crippen molar-refractivity contribution in [2.24, 2.45) is 13.0 Å². The Morgan fingerprint density at radius 3 is 2.65 bits per heavy atom. The molecule has 0 bridgehead atoms. The van der Waals surface area contributed by atoms with Gasteiger partial charge in [-0.15, -0.1) is 0 Å². The molecular formula is C33H34F2N6O2. The number of pyridine rings is 1. The summed E-state index contributed by atoms with van der Waals surface area (Å²) >= 11 is 0. The number of benzene rings is 2. The SMILES string of the molecule is COCCN1C[C@@H](CC(=O)Cc2c(C)c(-c3ccc4c(cnn4C)c3)nn2-c2ccccc2)[C@H](c2cnc(F)c(F)c2)C1. The molecule has 43 heavy (non-hydrogen) atoms. The van der Waals surface area contributed by atoms with E-state index >= 15 is 0 Å². The highest BCUT2D eigenvalue weighted by Crippen LogP contribution is 2.36. The molecule has 0 amide bonds. The average Bonchev–Trinajstić information content (AvgIpc) is 3.69. The summed E-state index contributed by atoms with van der Waals surface area (Å²) in [4.78, 5) is 19.6. The Balaban J connectivity index is 1.30. The van der Waals surface area contributed by atoms with Crippen LogP contribution in [0.2, 0.25) is 0 Å². The largest absolute Gasteiger partial charge is 0.383 e. The third kappa shape index (κ3) is 5.85. The summed E-state index contributed by atoms with van der Waals surface area (Å²) in [6.45, 7) is 4.53. The molecule has 0 aliphatic carbocycles. The normalized spacial score (nSPS) is 17.2. The van der Waals surface area contributed by atoms with Crippen LogP contribution in [0.25, 0.3) is 27.8 Å². The van der Waals surface area contributed by atoms with Crippen molar-refractivity contribution in [3.63, 3.8) is 0 Å². The predicted octanol–water partition coefficient (Wildman–Crippen LogP) is 5.27. The topological polar surface area (TPSA) is 78.1 Å². The first-order valence-corrected chi connectivity index (χ1v) is 14.4. The minimum absolute atomic E-state index is 0.0635. The second-order valence-electron chi connectivity index (χ2n) is 11.3. The number of methoxy groups -OCH3 is 1. The van der Waals surface area contributed by atoms with Gasteiger partial charge >= 0.3 is 0 Å². The van der Waals surface area contributed by atoms with Crippen LogP contribution in [0.3, 0.4) is 0 Å². The van der Waals surface area contributed by atoms with Crippen LogP contribution in [0, 0.1) is 24.6 Å². The average molecular weight is 585 g/mol. The van der Waals surface area contributed by atoms with Crippen molar-refractivity contribution in [2.45, 2.75) is 25.7 Å². The van der Waals surface area contributed by atoms with Gasteiger partial charge in [-0.25, -0.2) is 14.1 Å². The van der Waals surface area contributed by atoms with E-state index in [2.05, 4.69) is 21.0 Å². The number of hydrogen-bond acceptors (Lipinski definition) is 6. The highest BCUT2D eigenvalue weighted by molar-refractivity contribution is 5.86.